The Morgan fingerprint density at radius 3 is 2.25 bits per heavy atom. The minimum absolute atomic E-state index is 0.990. The van der Waals surface area contributed by atoms with Gasteiger partial charge in [0, 0.05) is 0 Å². The lowest BCUT2D eigenvalue weighted by molar-refractivity contribution is 0.350. The van der Waals surface area contributed by atoms with E-state index in [0.717, 1.165) is 5.92 Å². The summed E-state index contributed by atoms with van der Waals surface area (Å²) in [7, 11) is 2.05. The van der Waals surface area contributed by atoms with Crippen molar-refractivity contribution in [3.8, 4) is 0 Å². The van der Waals surface area contributed by atoms with Crippen molar-refractivity contribution < 1.29 is 0 Å². The Hall–Kier alpha value is -0.300. The van der Waals surface area contributed by atoms with Crippen LogP contribution in [0, 0.1) is 5.92 Å². The first-order valence-electron chi connectivity index (χ1n) is 5.06. The Labute approximate surface area is 77.2 Å². The molecule has 0 aliphatic heterocycles. The van der Waals surface area contributed by atoms with E-state index in [0.29, 0.717) is 0 Å². The first-order valence-corrected chi connectivity index (χ1v) is 5.06. The molecule has 72 valence electrons. The fraction of sp³-hybridized carbons (Fsp3) is 0.818. The largest absolute Gasteiger partial charge is 0.319 e. The molecule has 0 atom stereocenters. The quantitative estimate of drug-likeness (QED) is 0.627. The van der Waals surface area contributed by atoms with Crippen LogP contribution in [0.3, 0.4) is 0 Å². The third-order valence-electron chi connectivity index (χ3n) is 2.22. The van der Waals surface area contributed by atoms with Crippen molar-refractivity contribution >= 4 is 0 Å². The summed E-state index contributed by atoms with van der Waals surface area (Å²) in [4.78, 5) is 0. The van der Waals surface area contributed by atoms with Crippen LogP contribution in [0.5, 0.6) is 0 Å². The number of allylic oxidation sites excluding steroid dienone is 1. The summed E-state index contributed by atoms with van der Waals surface area (Å²) in [6, 6.07) is 0. The van der Waals surface area contributed by atoms with Gasteiger partial charge < -0.3 is 5.32 Å². The Kier molecular flexibility index (Phi) is 8.57. The molecule has 0 aromatic heterocycles. The maximum Gasteiger partial charge on any atom is -0.00235 e. The molecule has 0 amide bonds. The Bertz CT molecular complexity index is 90.4. The molecule has 0 radical (unpaired) electrons. The molecule has 12 heavy (non-hydrogen) atoms. The second-order valence-electron chi connectivity index (χ2n) is 3.47. The third kappa shape index (κ3) is 6.41. The molecule has 1 N–H and O–H groups in total. The van der Waals surface area contributed by atoms with Gasteiger partial charge in [0.2, 0.25) is 0 Å². The van der Waals surface area contributed by atoms with Crippen LogP contribution in [-0.2, 0) is 0 Å². The molecule has 0 unspecified atom stereocenters. The van der Waals surface area contributed by atoms with Crippen LogP contribution in [0.25, 0.3) is 0 Å². The van der Waals surface area contributed by atoms with Gasteiger partial charge in [-0.05, 0) is 39.3 Å². The van der Waals surface area contributed by atoms with Gasteiger partial charge in [0.05, 0.1) is 0 Å². The molecule has 0 bridgehead atoms. The van der Waals surface area contributed by atoms with Crippen molar-refractivity contribution in [1.82, 2.24) is 5.32 Å². The number of rotatable bonds is 2. The van der Waals surface area contributed by atoms with Crippen LogP contribution in [0.1, 0.15) is 39.0 Å². The van der Waals surface area contributed by atoms with Crippen molar-refractivity contribution in [2.24, 2.45) is 5.92 Å². The summed E-state index contributed by atoms with van der Waals surface area (Å²) in [5, 5.41) is 3.24. The number of nitrogens with one attached hydrogen (secondary N) is 1. The van der Waals surface area contributed by atoms with E-state index >= 15 is 0 Å². The van der Waals surface area contributed by atoms with Crippen LogP contribution < -0.4 is 5.32 Å². The van der Waals surface area contributed by atoms with Crippen molar-refractivity contribution in [2.75, 3.05) is 13.6 Å². The summed E-state index contributed by atoms with van der Waals surface area (Å²) >= 11 is 0. The minimum Gasteiger partial charge on any atom is -0.319 e. The normalized spacial score (nSPS) is 17.8. The maximum atomic E-state index is 3.36. The summed E-state index contributed by atoms with van der Waals surface area (Å²) in [6.45, 7) is 6.49. The molecule has 0 heterocycles. The van der Waals surface area contributed by atoms with E-state index in [1.807, 2.05) is 6.92 Å². The van der Waals surface area contributed by atoms with Gasteiger partial charge in [-0.25, -0.2) is 0 Å². The fourth-order valence-corrected chi connectivity index (χ4v) is 1.68. The predicted octanol–water partition coefficient (Wildman–Crippen LogP) is 2.98. The molecular formula is C11H23N. The predicted molar refractivity (Wildman–Crippen MR) is 56.4 cm³/mol. The zero-order valence-corrected chi connectivity index (χ0v) is 8.60. The topological polar surface area (TPSA) is 12.0 Å². The number of hydrogen-bond donors (Lipinski definition) is 1. The molecule has 1 aliphatic rings. The van der Waals surface area contributed by atoms with Crippen molar-refractivity contribution in [3.05, 3.63) is 12.7 Å². The lowest BCUT2D eigenvalue weighted by atomic mass is 9.89. The lowest BCUT2D eigenvalue weighted by Crippen LogP contribution is -2.20. The molecule has 0 saturated heterocycles. The minimum atomic E-state index is 0.990. The van der Waals surface area contributed by atoms with E-state index in [2.05, 4.69) is 18.9 Å². The Morgan fingerprint density at radius 1 is 1.33 bits per heavy atom. The van der Waals surface area contributed by atoms with Crippen LogP contribution in [0.2, 0.25) is 0 Å². The smallest absolute Gasteiger partial charge is 0.00235 e. The van der Waals surface area contributed by atoms with Gasteiger partial charge in [-0.15, -0.1) is 6.58 Å². The van der Waals surface area contributed by atoms with E-state index in [1.54, 1.807) is 6.08 Å². The molecule has 0 aromatic rings. The fourth-order valence-electron chi connectivity index (χ4n) is 1.68. The number of hydrogen-bond acceptors (Lipinski definition) is 1. The SMILES string of the molecule is C=CC.CNCC1CCCCC1. The van der Waals surface area contributed by atoms with E-state index in [9.17, 15) is 0 Å². The summed E-state index contributed by atoms with van der Waals surface area (Å²) in [6.07, 6.45) is 9.07. The van der Waals surface area contributed by atoms with Crippen molar-refractivity contribution in [1.29, 1.82) is 0 Å². The van der Waals surface area contributed by atoms with Crippen molar-refractivity contribution in [3.63, 3.8) is 0 Å². The first kappa shape index (κ1) is 11.7. The Morgan fingerprint density at radius 2 is 1.83 bits per heavy atom. The summed E-state index contributed by atoms with van der Waals surface area (Å²) in [5.74, 6) is 0.990. The van der Waals surface area contributed by atoms with Gasteiger partial charge in [-0.3, -0.25) is 0 Å². The van der Waals surface area contributed by atoms with Gasteiger partial charge in [-0.1, -0.05) is 25.3 Å². The highest BCUT2D eigenvalue weighted by Crippen LogP contribution is 2.22. The van der Waals surface area contributed by atoms with E-state index in [-0.39, 0.29) is 0 Å². The second-order valence-corrected chi connectivity index (χ2v) is 3.47. The van der Waals surface area contributed by atoms with E-state index < -0.39 is 0 Å². The van der Waals surface area contributed by atoms with Crippen LogP contribution in [-0.4, -0.2) is 13.6 Å². The van der Waals surface area contributed by atoms with Gasteiger partial charge in [-0.2, -0.15) is 0 Å². The average molecular weight is 169 g/mol. The van der Waals surface area contributed by atoms with Gasteiger partial charge in [0.15, 0.2) is 0 Å². The average Bonchev–Trinajstić information content (AvgIpc) is 2.08. The third-order valence-corrected chi connectivity index (χ3v) is 2.22. The highest BCUT2D eigenvalue weighted by molar-refractivity contribution is 4.66. The van der Waals surface area contributed by atoms with E-state index in [1.165, 1.54) is 38.6 Å². The zero-order valence-electron chi connectivity index (χ0n) is 8.60. The van der Waals surface area contributed by atoms with Crippen LogP contribution in [0.15, 0.2) is 12.7 Å². The molecule has 0 spiro atoms. The first-order chi connectivity index (χ1) is 5.85. The standard InChI is InChI=1S/C8H17N.C3H6/c1-9-7-8-5-3-2-4-6-8;1-3-2/h8-9H,2-7H2,1H3;3H,1H2,2H3. The highest BCUT2D eigenvalue weighted by atomic mass is 14.8. The maximum absolute atomic E-state index is 3.36. The molecule has 0 aromatic carbocycles. The van der Waals surface area contributed by atoms with Gasteiger partial charge >= 0.3 is 0 Å². The molecule has 1 nitrogen and oxygen atoms in total. The molecule has 1 fully saturated rings. The van der Waals surface area contributed by atoms with Gasteiger partial charge in [0.1, 0.15) is 0 Å². The molecule has 1 saturated carbocycles. The molecule has 1 aliphatic carbocycles. The van der Waals surface area contributed by atoms with E-state index in [4.69, 9.17) is 0 Å². The molecule has 1 rings (SSSR count). The second kappa shape index (κ2) is 8.79. The van der Waals surface area contributed by atoms with Crippen LogP contribution in [0.4, 0.5) is 0 Å². The molecule has 1 heteroatoms. The highest BCUT2D eigenvalue weighted by Gasteiger charge is 2.11. The summed E-state index contributed by atoms with van der Waals surface area (Å²) in [5.41, 5.74) is 0. The van der Waals surface area contributed by atoms with Crippen LogP contribution >= 0.6 is 0 Å². The lowest BCUT2D eigenvalue weighted by Gasteiger charge is -2.20. The Balaban J connectivity index is 0.000000354. The summed E-state index contributed by atoms with van der Waals surface area (Å²) < 4.78 is 0. The van der Waals surface area contributed by atoms with Crippen molar-refractivity contribution in [2.45, 2.75) is 39.0 Å². The van der Waals surface area contributed by atoms with Gasteiger partial charge in [0.25, 0.3) is 0 Å². The zero-order chi connectivity index (χ0) is 9.23. The molecular weight excluding hydrogens is 146 g/mol. The monoisotopic (exact) mass is 169 g/mol.